The second kappa shape index (κ2) is 6.36. The number of non-ortho nitro benzene ring substituents is 1. The molecule has 0 aliphatic rings. The summed E-state index contributed by atoms with van der Waals surface area (Å²) >= 11 is 0. The molecular formula is C14H21N3O3. The lowest BCUT2D eigenvalue weighted by molar-refractivity contribution is -0.384. The average molecular weight is 279 g/mol. The summed E-state index contributed by atoms with van der Waals surface area (Å²) in [5.74, 6) is 0.0381. The van der Waals surface area contributed by atoms with Crippen LogP contribution in [-0.4, -0.2) is 28.3 Å². The van der Waals surface area contributed by atoms with Crippen LogP contribution in [0.2, 0.25) is 0 Å². The first kappa shape index (κ1) is 15.9. The summed E-state index contributed by atoms with van der Waals surface area (Å²) in [6, 6.07) is 3.95. The second-order valence-electron chi connectivity index (χ2n) is 5.47. The van der Waals surface area contributed by atoms with Gasteiger partial charge in [-0.2, -0.15) is 0 Å². The Balaban J connectivity index is 3.17. The van der Waals surface area contributed by atoms with Crippen molar-refractivity contribution in [1.29, 1.82) is 0 Å². The molecule has 6 nitrogen and oxygen atoms in total. The van der Waals surface area contributed by atoms with E-state index < -0.39 is 4.92 Å². The molecule has 20 heavy (non-hydrogen) atoms. The third kappa shape index (κ3) is 3.69. The van der Waals surface area contributed by atoms with Gasteiger partial charge < -0.3 is 10.6 Å². The van der Waals surface area contributed by atoms with E-state index >= 15 is 0 Å². The van der Waals surface area contributed by atoms with Gasteiger partial charge in [0.25, 0.3) is 11.6 Å². The highest BCUT2D eigenvalue weighted by atomic mass is 16.6. The number of rotatable bonds is 5. The largest absolute Gasteiger partial charge is 0.398 e. The minimum absolute atomic E-state index is 0.00330. The van der Waals surface area contributed by atoms with Crippen molar-refractivity contribution in [3.05, 3.63) is 33.9 Å². The quantitative estimate of drug-likeness (QED) is 0.509. The Morgan fingerprint density at radius 1 is 1.35 bits per heavy atom. The number of amides is 1. The number of carbonyl (C=O) groups excluding carboxylic acids is 1. The number of nitrogens with zero attached hydrogens (tertiary/aromatic N) is 2. The van der Waals surface area contributed by atoms with Crippen LogP contribution >= 0.6 is 0 Å². The normalized spacial score (nSPS) is 10.9. The third-order valence-electron chi connectivity index (χ3n) is 2.92. The van der Waals surface area contributed by atoms with E-state index in [0.717, 1.165) is 0 Å². The summed E-state index contributed by atoms with van der Waals surface area (Å²) in [4.78, 5) is 24.5. The van der Waals surface area contributed by atoms with Gasteiger partial charge in [0.1, 0.15) is 0 Å². The van der Waals surface area contributed by atoms with Crippen molar-refractivity contribution in [2.24, 2.45) is 5.92 Å². The van der Waals surface area contributed by atoms with E-state index in [0.29, 0.717) is 12.5 Å². The molecule has 0 saturated heterocycles. The summed E-state index contributed by atoms with van der Waals surface area (Å²) in [5, 5.41) is 10.8. The summed E-state index contributed by atoms with van der Waals surface area (Å²) in [6.45, 7) is 8.43. The fourth-order valence-corrected chi connectivity index (χ4v) is 1.92. The second-order valence-corrected chi connectivity index (χ2v) is 5.47. The highest BCUT2D eigenvalue weighted by Gasteiger charge is 2.23. The molecule has 1 aromatic carbocycles. The number of nitrogen functional groups attached to an aromatic ring is 1. The van der Waals surface area contributed by atoms with Gasteiger partial charge in [-0.1, -0.05) is 13.8 Å². The van der Waals surface area contributed by atoms with Gasteiger partial charge >= 0.3 is 0 Å². The summed E-state index contributed by atoms with van der Waals surface area (Å²) < 4.78 is 0. The Labute approximate surface area is 118 Å². The van der Waals surface area contributed by atoms with Crippen molar-refractivity contribution >= 4 is 17.3 Å². The van der Waals surface area contributed by atoms with Gasteiger partial charge in [0.15, 0.2) is 0 Å². The molecule has 2 N–H and O–H groups in total. The van der Waals surface area contributed by atoms with Gasteiger partial charge in [-0.25, -0.2) is 0 Å². The molecule has 1 amide bonds. The van der Waals surface area contributed by atoms with Crippen LogP contribution < -0.4 is 5.73 Å². The van der Waals surface area contributed by atoms with E-state index in [9.17, 15) is 14.9 Å². The molecule has 110 valence electrons. The molecule has 0 fully saturated rings. The first-order chi connectivity index (χ1) is 9.23. The van der Waals surface area contributed by atoms with Crippen LogP contribution in [0, 0.1) is 16.0 Å². The van der Waals surface area contributed by atoms with Crippen molar-refractivity contribution in [3.63, 3.8) is 0 Å². The minimum atomic E-state index is -0.529. The Hall–Kier alpha value is -2.11. The predicted molar refractivity (Wildman–Crippen MR) is 78.5 cm³/mol. The van der Waals surface area contributed by atoms with Crippen LogP contribution in [0.25, 0.3) is 0 Å². The molecule has 0 aliphatic heterocycles. The van der Waals surface area contributed by atoms with Gasteiger partial charge in [-0.3, -0.25) is 14.9 Å². The SMILES string of the molecule is CC(C)CN(C(=O)c1cc([N+](=O)[O-])ccc1N)C(C)C. The first-order valence-corrected chi connectivity index (χ1v) is 6.59. The summed E-state index contributed by atoms with van der Waals surface area (Å²) in [6.07, 6.45) is 0. The monoisotopic (exact) mass is 279 g/mol. The summed E-state index contributed by atoms with van der Waals surface area (Å²) in [5.41, 5.74) is 6.11. The lowest BCUT2D eigenvalue weighted by atomic mass is 10.1. The van der Waals surface area contributed by atoms with Gasteiger partial charge in [0.2, 0.25) is 0 Å². The number of anilines is 1. The standard InChI is InChI=1S/C14H21N3O3/c1-9(2)8-16(10(3)4)14(18)12-7-11(17(19)20)5-6-13(12)15/h5-7,9-10H,8,15H2,1-4H3. The van der Waals surface area contributed by atoms with Crippen molar-refractivity contribution in [2.45, 2.75) is 33.7 Å². The predicted octanol–water partition coefficient (Wildman–Crippen LogP) is 2.68. The van der Waals surface area contributed by atoms with E-state index in [-0.39, 0.29) is 28.9 Å². The van der Waals surface area contributed by atoms with Crippen molar-refractivity contribution < 1.29 is 9.72 Å². The number of benzene rings is 1. The third-order valence-corrected chi connectivity index (χ3v) is 2.92. The smallest absolute Gasteiger partial charge is 0.270 e. The molecule has 0 unspecified atom stereocenters. The Morgan fingerprint density at radius 2 is 1.95 bits per heavy atom. The van der Waals surface area contributed by atoms with E-state index in [1.807, 2.05) is 27.7 Å². The number of nitrogens with two attached hydrogens (primary N) is 1. The number of nitro groups is 1. The van der Waals surface area contributed by atoms with Crippen molar-refractivity contribution in [3.8, 4) is 0 Å². The van der Waals surface area contributed by atoms with Crippen LogP contribution in [0.1, 0.15) is 38.1 Å². The zero-order chi connectivity index (χ0) is 15.4. The van der Waals surface area contributed by atoms with E-state index in [1.54, 1.807) is 4.90 Å². The fraction of sp³-hybridized carbons (Fsp3) is 0.500. The number of hydrogen-bond acceptors (Lipinski definition) is 4. The number of hydrogen-bond donors (Lipinski definition) is 1. The van der Waals surface area contributed by atoms with Gasteiger partial charge in [0, 0.05) is 30.4 Å². The molecule has 0 saturated carbocycles. The Morgan fingerprint density at radius 3 is 2.40 bits per heavy atom. The maximum atomic E-state index is 12.5. The van der Waals surface area contributed by atoms with Crippen LogP contribution in [0.3, 0.4) is 0 Å². The molecule has 1 aromatic rings. The van der Waals surface area contributed by atoms with E-state index in [1.165, 1.54) is 18.2 Å². The molecule has 0 radical (unpaired) electrons. The molecule has 0 heterocycles. The topological polar surface area (TPSA) is 89.5 Å². The molecule has 1 rings (SSSR count). The van der Waals surface area contributed by atoms with Gasteiger partial charge in [-0.15, -0.1) is 0 Å². The molecular weight excluding hydrogens is 258 g/mol. The molecule has 0 atom stereocenters. The maximum absolute atomic E-state index is 12.5. The Kier molecular flexibility index (Phi) is 5.07. The molecule has 0 aliphatic carbocycles. The van der Waals surface area contributed by atoms with E-state index in [4.69, 9.17) is 5.73 Å². The zero-order valence-corrected chi connectivity index (χ0v) is 12.3. The lowest BCUT2D eigenvalue weighted by Crippen LogP contribution is -2.39. The molecule has 0 bridgehead atoms. The zero-order valence-electron chi connectivity index (χ0n) is 12.3. The van der Waals surface area contributed by atoms with Crippen LogP contribution in [0.15, 0.2) is 18.2 Å². The van der Waals surface area contributed by atoms with Crippen LogP contribution in [-0.2, 0) is 0 Å². The molecule has 6 heteroatoms. The number of carbonyl (C=O) groups is 1. The average Bonchev–Trinajstić information content (AvgIpc) is 2.34. The van der Waals surface area contributed by atoms with Gasteiger partial charge in [0.05, 0.1) is 10.5 Å². The fourth-order valence-electron chi connectivity index (χ4n) is 1.92. The molecule has 0 spiro atoms. The first-order valence-electron chi connectivity index (χ1n) is 6.59. The van der Waals surface area contributed by atoms with E-state index in [2.05, 4.69) is 0 Å². The van der Waals surface area contributed by atoms with Crippen molar-refractivity contribution in [1.82, 2.24) is 4.90 Å². The lowest BCUT2D eigenvalue weighted by Gasteiger charge is -2.29. The molecule has 0 aromatic heterocycles. The summed E-state index contributed by atoms with van der Waals surface area (Å²) in [7, 11) is 0. The highest BCUT2D eigenvalue weighted by molar-refractivity contribution is 6.00. The van der Waals surface area contributed by atoms with Gasteiger partial charge in [-0.05, 0) is 25.8 Å². The van der Waals surface area contributed by atoms with Crippen molar-refractivity contribution in [2.75, 3.05) is 12.3 Å². The minimum Gasteiger partial charge on any atom is -0.398 e. The highest BCUT2D eigenvalue weighted by Crippen LogP contribution is 2.22. The van der Waals surface area contributed by atoms with Crippen LogP contribution in [0.5, 0.6) is 0 Å². The van der Waals surface area contributed by atoms with Crippen LogP contribution in [0.4, 0.5) is 11.4 Å². The number of nitro benzene ring substituents is 1. The maximum Gasteiger partial charge on any atom is 0.270 e. The Bertz CT molecular complexity index is 512.